The average molecular weight is 260 g/mol. The second-order valence-electron chi connectivity index (χ2n) is 4.16. The van der Waals surface area contributed by atoms with Crippen LogP contribution in [0, 0.1) is 0 Å². The molecule has 0 atom stereocenters. The first-order valence-corrected chi connectivity index (χ1v) is 7.80. The minimum absolute atomic E-state index is 0.0991. The SMILES string of the molecule is Nc1csc(S(=O)(=O)NC2CCCCC2)c1. The highest BCUT2D eigenvalue weighted by Gasteiger charge is 2.22. The summed E-state index contributed by atoms with van der Waals surface area (Å²) in [5.74, 6) is 0. The van der Waals surface area contributed by atoms with Gasteiger partial charge in [-0.1, -0.05) is 19.3 Å². The topological polar surface area (TPSA) is 72.2 Å². The van der Waals surface area contributed by atoms with E-state index in [0.29, 0.717) is 9.90 Å². The third-order valence-electron chi connectivity index (χ3n) is 2.79. The maximum atomic E-state index is 12.0. The van der Waals surface area contributed by atoms with Crippen molar-refractivity contribution >= 4 is 27.0 Å². The predicted molar refractivity (Wildman–Crippen MR) is 65.9 cm³/mol. The molecule has 1 aliphatic carbocycles. The average Bonchev–Trinajstić information content (AvgIpc) is 2.66. The summed E-state index contributed by atoms with van der Waals surface area (Å²) < 4.78 is 27.0. The van der Waals surface area contributed by atoms with E-state index in [9.17, 15) is 8.42 Å². The monoisotopic (exact) mass is 260 g/mol. The van der Waals surface area contributed by atoms with Gasteiger partial charge in [0.05, 0.1) is 0 Å². The molecule has 0 radical (unpaired) electrons. The first-order valence-electron chi connectivity index (χ1n) is 5.44. The van der Waals surface area contributed by atoms with E-state index in [1.165, 1.54) is 23.8 Å². The second-order valence-corrected chi connectivity index (χ2v) is 7.01. The highest BCUT2D eigenvalue weighted by Crippen LogP contribution is 2.24. The Morgan fingerprint density at radius 1 is 1.31 bits per heavy atom. The van der Waals surface area contributed by atoms with E-state index in [1.54, 1.807) is 5.38 Å². The van der Waals surface area contributed by atoms with Crippen LogP contribution < -0.4 is 10.5 Å². The molecule has 0 amide bonds. The molecule has 6 heteroatoms. The maximum Gasteiger partial charge on any atom is 0.250 e. The van der Waals surface area contributed by atoms with E-state index in [-0.39, 0.29) is 6.04 Å². The van der Waals surface area contributed by atoms with Crippen LogP contribution in [0.2, 0.25) is 0 Å². The van der Waals surface area contributed by atoms with Gasteiger partial charge in [0.25, 0.3) is 0 Å². The molecule has 3 N–H and O–H groups in total. The van der Waals surface area contributed by atoms with Crippen LogP contribution >= 0.6 is 11.3 Å². The number of nitrogen functional groups attached to an aromatic ring is 1. The van der Waals surface area contributed by atoms with Crippen LogP contribution in [0.15, 0.2) is 15.7 Å². The summed E-state index contributed by atoms with van der Waals surface area (Å²) in [6, 6.07) is 1.61. The second kappa shape index (κ2) is 4.73. The number of nitrogens with one attached hydrogen (secondary N) is 1. The fourth-order valence-corrected chi connectivity index (χ4v) is 4.37. The zero-order chi connectivity index (χ0) is 11.6. The van der Waals surface area contributed by atoms with Crippen LogP contribution in [0.5, 0.6) is 0 Å². The predicted octanol–water partition coefficient (Wildman–Crippen LogP) is 1.94. The Morgan fingerprint density at radius 3 is 2.56 bits per heavy atom. The van der Waals surface area contributed by atoms with Crippen molar-refractivity contribution in [2.75, 3.05) is 5.73 Å². The number of anilines is 1. The molecule has 1 aliphatic rings. The molecule has 0 unspecified atom stereocenters. The molecular formula is C10H16N2O2S2. The van der Waals surface area contributed by atoms with Crippen molar-refractivity contribution < 1.29 is 8.42 Å². The molecule has 90 valence electrons. The zero-order valence-corrected chi connectivity index (χ0v) is 10.6. The van der Waals surface area contributed by atoms with Gasteiger partial charge in [0.15, 0.2) is 0 Å². The largest absolute Gasteiger partial charge is 0.398 e. The van der Waals surface area contributed by atoms with Gasteiger partial charge in [-0.25, -0.2) is 13.1 Å². The molecule has 4 nitrogen and oxygen atoms in total. The van der Waals surface area contributed by atoms with Crippen molar-refractivity contribution in [3.05, 3.63) is 11.4 Å². The van der Waals surface area contributed by atoms with Gasteiger partial charge in [0.1, 0.15) is 4.21 Å². The van der Waals surface area contributed by atoms with Gasteiger partial charge in [-0.3, -0.25) is 0 Å². The number of rotatable bonds is 3. The van der Waals surface area contributed by atoms with Gasteiger partial charge < -0.3 is 5.73 Å². The highest BCUT2D eigenvalue weighted by molar-refractivity contribution is 7.91. The van der Waals surface area contributed by atoms with Gasteiger partial charge in [-0.15, -0.1) is 11.3 Å². The lowest BCUT2D eigenvalue weighted by molar-refractivity contribution is 0.412. The first kappa shape index (κ1) is 11.9. The summed E-state index contributed by atoms with van der Waals surface area (Å²) in [5, 5.41) is 1.65. The van der Waals surface area contributed by atoms with E-state index in [4.69, 9.17) is 5.73 Å². The van der Waals surface area contributed by atoms with Crippen molar-refractivity contribution in [1.82, 2.24) is 4.72 Å². The standard InChI is InChI=1S/C10H16N2O2S2/c11-8-6-10(15-7-8)16(13,14)12-9-4-2-1-3-5-9/h6-7,9,12H,1-5,11H2. The fourth-order valence-electron chi connectivity index (χ4n) is 1.97. The summed E-state index contributed by atoms with van der Waals surface area (Å²) in [5.41, 5.74) is 6.03. The minimum Gasteiger partial charge on any atom is -0.398 e. The van der Waals surface area contributed by atoms with E-state index in [0.717, 1.165) is 25.7 Å². The lowest BCUT2D eigenvalue weighted by Gasteiger charge is -2.22. The lowest BCUT2D eigenvalue weighted by atomic mass is 9.96. The lowest BCUT2D eigenvalue weighted by Crippen LogP contribution is -2.35. The summed E-state index contributed by atoms with van der Waals surface area (Å²) >= 11 is 1.17. The third-order valence-corrected chi connectivity index (χ3v) is 5.77. The number of sulfonamides is 1. The van der Waals surface area contributed by atoms with Crippen LogP contribution in [-0.4, -0.2) is 14.5 Å². The normalized spacial score (nSPS) is 18.8. The van der Waals surface area contributed by atoms with E-state index >= 15 is 0 Å². The molecule has 1 heterocycles. The molecule has 2 rings (SSSR count). The number of hydrogen-bond donors (Lipinski definition) is 2. The number of nitrogens with two attached hydrogens (primary N) is 1. The quantitative estimate of drug-likeness (QED) is 0.872. The molecule has 1 aromatic heterocycles. The molecule has 1 saturated carbocycles. The molecule has 0 aromatic carbocycles. The summed E-state index contributed by atoms with van der Waals surface area (Å²) in [6.07, 6.45) is 5.32. The Labute approximate surface area is 99.9 Å². The van der Waals surface area contributed by atoms with Gasteiger partial charge >= 0.3 is 0 Å². The number of thiophene rings is 1. The minimum atomic E-state index is -3.35. The Bertz CT molecular complexity index is 447. The summed E-state index contributed by atoms with van der Waals surface area (Å²) in [7, 11) is -3.35. The van der Waals surface area contributed by atoms with E-state index in [2.05, 4.69) is 4.72 Å². The van der Waals surface area contributed by atoms with Crippen molar-refractivity contribution in [3.8, 4) is 0 Å². The van der Waals surface area contributed by atoms with Crippen LogP contribution in [0.25, 0.3) is 0 Å². The van der Waals surface area contributed by atoms with E-state index < -0.39 is 10.0 Å². The molecule has 16 heavy (non-hydrogen) atoms. The van der Waals surface area contributed by atoms with Gasteiger partial charge in [0, 0.05) is 17.1 Å². The Balaban J connectivity index is 2.07. The summed E-state index contributed by atoms with van der Waals surface area (Å²) in [6.45, 7) is 0. The number of hydrogen-bond acceptors (Lipinski definition) is 4. The third kappa shape index (κ3) is 2.75. The highest BCUT2D eigenvalue weighted by atomic mass is 32.2. The molecule has 0 aliphatic heterocycles. The van der Waals surface area contributed by atoms with Gasteiger partial charge in [-0.05, 0) is 18.9 Å². The van der Waals surface area contributed by atoms with Crippen LogP contribution in [0.3, 0.4) is 0 Å². The molecular weight excluding hydrogens is 244 g/mol. The van der Waals surface area contributed by atoms with Crippen molar-refractivity contribution in [1.29, 1.82) is 0 Å². The first-order chi connectivity index (χ1) is 7.58. The summed E-state index contributed by atoms with van der Waals surface area (Å²) in [4.78, 5) is 0. The molecule has 0 saturated heterocycles. The molecule has 0 spiro atoms. The zero-order valence-electron chi connectivity index (χ0n) is 8.98. The van der Waals surface area contributed by atoms with Crippen LogP contribution in [0.4, 0.5) is 5.69 Å². The van der Waals surface area contributed by atoms with E-state index in [1.807, 2.05) is 0 Å². The van der Waals surface area contributed by atoms with Crippen molar-refractivity contribution in [2.24, 2.45) is 0 Å². The molecule has 0 bridgehead atoms. The van der Waals surface area contributed by atoms with Crippen LogP contribution in [0.1, 0.15) is 32.1 Å². The smallest absolute Gasteiger partial charge is 0.250 e. The van der Waals surface area contributed by atoms with Gasteiger partial charge in [0.2, 0.25) is 10.0 Å². The Hall–Kier alpha value is -0.590. The van der Waals surface area contributed by atoms with Crippen molar-refractivity contribution in [3.63, 3.8) is 0 Å². The Kier molecular flexibility index (Phi) is 3.51. The molecule has 1 aromatic rings. The van der Waals surface area contributed by atoms with Crippen molar-refractivity contribution in [2.45, 2.75) is 42.4 Å². The van der Waals surface area contributed by atoms with Crippen LogP contribution in [-0.2, 0) is 10.0 Å². The fraction of sp³-hybridized carbons (Fsp3) is 0.600. The van der Waals surface area contributed by atoms with Gasteiger partial charge in [-0.2, -0.15) is 0 Å². The maximum absolute atomic E-state index is 12.0. The Morgan fingerprint density at radius 2 is 2.00 bits per heavy atom. The molecule has 1 fully saturated rings.